The molecule has 34 heavy (non-hydrogen) atoms. The first kappa shape index (κ1) is 24.7. The number of aliphatic hydroxyl groups is 1. The maximum absolute atomic E-state index is 13.9. The molecule has 1 aromatic rings. The maximum atomic E-state index is 13.9. The summed E-state index contributed by atoms with van der Waals surface area (Å²) in [5.74, 6) is -2.05. The molecule has 3 amide bonds. The second kappa shape index (κ2) is 8.96. The molecule has 186 valence electrons. The van der Waals surface area contributed by atoms with Crippen molar-refractivity contribution in [2.45, 2.75) is 82.6 Å². The molecule has 1 aromatic carbocycles. The van der Waals surface area contributed by atoms with Crippen LogP contribution >= 0.6 is 0 Å². The largest absolute Gasteiger partial charge is 0.396 e. The minimum absolute atomic E-state index is 0.0949. The van der Waals surface area contributed by atoms with Gasteiger partial charge in [-0.25, -0.2) is 0 Å². The number of hydrogen-bond acceptors (Lipinski definition) is 5. The van der Waals surface area contributed by atoms with Crippen LogP contribution in [0, 0.1) is 11.8 Å². The van der Waals surface area contributed by atoms with E-state index in [0.717, 1.165) is 6.42 Å². The molecule has 0 aliphatic carbocycles. The number of aliphatic hydroxyl groups excluding tert-OH is 1. The van der Waals surface area contributed by atoms with Crippen molar-refractivity contribution in [2.75, 3.05) is 18.5 Å². The molecule has 0 saturated carbocycles. The number of nitrogens with one attached hydrogen (secondary N) is 2. The van der Waals surface area contributed by atoms with Gasteiger partial charge in [-0.1, -0.05) is 18.2 Å². The number of unbranched alkanes of at least 4 members (excludes halogenated alkanes) is 2. The minimum Gasteiger partial charge on any atom is -0.396 e. The summed E-state index contributed by atoms with van der Waals surface area (Å²) < 4.78 is 6.60. The first-order valence-electron chi connectivity index (χ1n) is 12.3. The number of fused-ring (bicyclic) bond motifs is 1. The molecule has 3 N–H and O–H groups in total. The zero-order valence-corrected chi connectivity index (χ0v) is 20.6. The second-order valence-corrected chi connectivity index (χ2v) is 11.1. The Morgan fingerprint density at radius 2 is 1.82 bits per heavy atom. The van der Waals surface area contributed by atoms with E-state index in [1.54, 1.807) is 4.90 Å². The highest BCUT2D eigenvalue weighted by molar-refractivity contribution is 6.02. The number of amides is 3. The number of likely N-dealkylation sites (tertiary alicyclic amines) is 1. The maximum Gasteiger partial charge on any atom is 0.246 e. The van der Waals surface area contributed by atoms with Crippen molar-refractivity contribution in [1.82, 2.24) is 10.2 Å². The van der Waals surface area contributed by atoms with Crippen LogP contribution < -0.4 is 10.6 Å². The second-order valence-electron chi connectivity index (χ2n) is 11.1. The van der Waals surface area contributed by atoms with Crippen LogP contribution in [-0.2, 0) is 19.1 Å². The fraction of sp³-hybridized carbons (Fsp3) is 0.654. The Morgan fingerprint density at radius 3 is 2.47 bits per heavy atom. The topological polar surface area (TPSA) is 108 Å². The highest BCUT2D eigenvalue weighted by Crippen LogP contribution is 2.63. The van der Waals surface area contributed by atoms with Gasteiger partial charge in [0, 0.05) is 24.4 Å². The zero-order chi connectivity index (χ0) is 24.7. The van der Waals surface area contributed by atoms with E-state index in [2.05, 4.69) is 10.6 Å². The first-order valence-corrected chi connectivity index (χ1v) is 12.3. The van der Waals surface area contributed by atoms with Gasteiger partial charge in [-0.15, -0.1) is 0 Å². The standard InChI is InChI=1S/C26H37N3O5/c1-24(2,3)28-22(32)20-26-14-13-25(4,34-26)18(21(31)27-17-11-7-5-8-12-17)19(26)23(33)29(20)15-9-6-10-16-30/h5,7-8,11-12,18-20,30H,6,9-10,13-16H2,1-4H3,(H,27,31)(H,28,32)/t18-,19+,20?,25+,26?/m1/s1. The van der Waals surface area contributed by atoms with E-state index in [-0.39, 0.29) is 24.3 Å². The third kappa shape index (κ3) is 4.22. The molecule has 8 heteroatoms. The molecule has 8 nitrogen and oxygen atoms in total. The Labute approximate surface area is 201 Å². The molecule has 2 bridgehead atoms. The number of rotatable bonds is 8. The van der Waals surface area contributed by atoms with Gasteiger partial charge in [0.25, 0.3) is 0 Å². The van der Waals surface area contributed by atoms with E-state index in [0.29, 0.717) is 37.9 Å². The summed E-state index contributed by atoms with van der Waals surface area (Å²) in [6, 6.07) is 8.41. The molecule has 3 heterocycles. The van der Waals surface area contributed by atoms with Crippen LogP contribution in [0.3, 0.4) is 0 Å². The van der Waals surface area contributed by atoms with Crippen LogP contribution in [0.15, 0.2) is 30.3 Å². The van der Waals surface area contributed by atoms with Gasteiger partial charge in [0.05, 0.1) is 17.4 Å². The van der Waals surface area contributed by atoms with E-state index in [4.69, 9.17) is 9.84 Å². The summed E-state index contributed by atoms with van der Waals surface area (Å²) in [6.45, 7) is 8.11. The number of hydrogen-bond donors (Lipinski definition) is 3. The van der Waals surface area contributed by atoms with Gasteiger partial charge in [-0.05, 0) is 71.9 Å². The monoisotopic (exact) mass is 471 g/mol. The minimum atomic E-state index is -1.02. The molecule has 3 saturated heterocycles. The van der Waals surface area contributed by atoms with E-state index in [9.17, 15) is 14.4 Å². The van der Waals surface area contributed by atoms with Crippen molar-refractivity contribution in [3.05, 3.63) is 30.3 Å². The number of carbonyl (C=O) groups excluding carboxylic acids is 3. The Kier molecular flexibility index (Phi) is 6.50. The average molecular weight is 472 g/mol. The molecule has 3 aliphatic heterocycles. The van der Waals surface area contributed by atoms with Crippen LogP contribution in [0.4, 0.5) is 5.69 Å². The lowest BCUT2D eigenvalue weighted by atomic mass is 9.66. The zero-order valence-electron chi connectivity index (χ0n) is 20.6. The lowest BCUT2D eigenvalue weighted by molar-refractivity contribution is -0.145. The van der Waals surface area contributed by atoms with Gasteiger partial charge in [0.2, 0.25) is 17.7 Å². The molecule has 0 aromatic heterocycles. The number of anilines is 1. The number of ether oxygens (including phenoxy) is 1. The Morgan fingerprint density at radius 1 is 1.12 bits per heavy atom. The van der Waals surface area contributed by atoms with Gasteiger partial charge in [0.15, 0.2) is 0 Å². The SMILES string of the molecule is CC(C)(C)NC(=O)C1N(CCCCCO)C(=O)[C@@H]2[C@H](C(=O)Nc3ccccc3)[C@]3(C)CCC12O3. The summed E-state index contributed by atoms with van der Waals surface area (Å²) in [7, 11) is 0. The lowest BCUT2D eigenvalue weighted by Gasteiger charge is -2.35. The molecule has 3 aliphatic rings. The smallest absolute Gasteiger partial charge is 0.246 e. The summed E-state index contributed by atoms with van der Waals surface area (Å²) in [4.78, 5) is 42.6. The summed E-state index contributed by atoms with van der Waals surface area (Å²) >= 11 is 0. The third-order valence-corrected chi connectivity index (χ3v) is 7.40. The van der Waals surface area contributed by atoms with E-state index >= 15 is 0 Å². The number of benzene rings is 1. The molecular weight excluding hydrogens is 434 g/mol. The van der Waals surface area contributed by atoms with Gasteiger partial charge in [-0.2, -0.15) is 0 Å². The van der Waals surface area contributed by atoms with E-state index in [1.807, 2.05) is 58.0 Å². The fourth-order valence-electron chi connectivity index (χ4n) is 6.12. The summed E-state index contributed by atoms with van der Waals surface area (Å²) in [6.07, 6.45) is 3.24. The van der Waals surface area contributed by atoms with Gasteiger partial charge in [0.1, 0.15) is 11.6 Å². The average Bonchev–Trinajstić information content (AvgIpc) is 3.31. The highest BCUT2D eigenvalue weighted by Gasteiger charge is 2.77. The fourth-order valence-corrected chi connectivity index (χ4v) is 6.12. The van der Waals surface area contributed by atoms with Crippen molar-refractivity contribution in [1.29, 1.82) is 0 Å². The number of para-hydroxylation sites is 1. The quantitative estimate of drug-likeness (QED) is 0.505. The van der Waals surface area contributed by atoms with Crippen LogP contribution in [0.1, 0.15) is 59.8 Å². The van der Waals surface area contributed by atoms with Crippen LogP contribution in [-0.4, -0.2) is 63.7 Å². The van der Waals surface area contributed by atoms with Crippen molar-refractivity contribution in [3.8, 4) is 0 Å². The Hall–Kier alpha value is -2.45. The molecular formula is C26H37N3O5. The molecule has 5 atom stereocenters. The number of carbonyl (C=O) groups is 3. The molecule has 0 radical (unpaired) electrons. The molecule has 1 spiro atoms. The van der Waals surface area contributed by atoms with E-state index in [1.165, 1.54) is 0 Å². The number of nitrogens with zero attached hydrogens (tertiary/aromatic N) is 1. The molecule has 2 unspecified atom stereocenters. The van der Waals surface area contributed by atoms with Crippen molar-refractivity contribution >= 4 is 23.4 Å². The summed E-state index contributed by atoms with van der Waals surface area (Å²) in [5.41, 5.74) is -1.62. The normalized spacial score (nSPS) is 32.1. The van der Waals surface area contributed by atoms with E-state index < -0.39 is 34.6 Å². The van der Waals surface area contributed by atoms with Crippen LogP contribution in [0.25, 0.3) is 0 Å². The van der Waals surface area contributed by atoms with Gasteiger partial charge >= 0.3 is 0 Å². The highest BCUT2D eigenvalue weighted by atomic mass is 16.5. The first-order chi connectivity index (χ1) is 16.0. The van der Waals surface area contributed by atoms with Gasteiger partial charge in [-0.3, -0.25) is 14.4 Å². The van der Waals surface area contributed by atoms with Gasteiger partial charge < -0.3 is 25.4 Å². The lowest BCUT2D eigenvalue weighted by Crippen LogP contribution is -2.58. The Bertz CT molecular complexity index is 946. The molecule has 4 rings (SSSR count). The predicted molar refractivity (Wildman–Crippen MR) is 128 cm³/mol. The van der Waals surface area contributed by atoms with Crippen molar-refractivity contribution in [3.63, 3.8) is 0 Å². The van der Waals surface area contributed by atoms with Crippen molar-refractivity contribution in [2.24, 2.45) is 11.8 Å². The van der Waals surface area contributed by atoms with Crippen molar-refractivity contribution < 1.29 is 24.2 Å². The molecule has 3 fully saturated rings. The summed E-state index contributed by atoms with van der Waals surface area (Å²) in [5, 5.41) is 15.1. The van der Waals surface area contributed by atoms with Crippen LogP contribution in [0.2, 0.25) is 0 Å². The van der Waals surface area contributed by atoms with Crippen LogP contribution in [0.5, 0.6) is 0 Å². The third-order valence-electron chi connectivity index (χ3n) is 7.40. The Balaban J connectivity index is 1.67. The predicted octanol–water partition coefficient (Wildman–Crippen LogP) is 2.47.